The number of benzene rings is 1. The molecule has 1 aliphatic heterocycles. The normalized spacial score (nSPS) is 13.8. The second kappa shape index (κ2) is 8.79. The Morgan fingerprint density at radius 3 is 2.83 bits per heavy atom. The number of rotatable bonds is 6. The van der Waals surface area contributed by atoms with Gasteiger partial charge in [-0.3, -0.25) is 14.0 Å². The molecule has 1 aliphatic rings. The summed E-state index contributed by atoms with van der Waals surface area (Å²) in [6.07, 6.45) is 1.77. The molecule has 0 saturated carbocycles. The number of aromatic nitrogens is 2. The number of thioether (sulfide) groups is 1. The summed E-state index contributed by atoms with van der Waals surface area (Å²) in [5, 5.41) is 2.99. The molecule has 30 heavy (non-hydrogen) atoms. The number of hydrogen-bond donors (Lipinski definition) is 1. The van der Waals surface area contributed by atoms with E-state index in [0.717, 1.165) is 16.9 Å². The van der Waals surface area contributed by atoms with Gasteiger partial charge in [0.15, 0.2) is 11.5 Å². The van der Waals surface area contributed by atoms with Crippen molar-refractivity contribution >= 4 is 23.3 Å². The molecule has 0 aliphatic carbocycles. The summed E-state index contributed by atoms with van der Waals surface area (Å²) >= 11 is 1.43. The zero-order chi connectivity index (χ0) is 21.1. The van der Waals surface area contributed by atoms with Crippen molar-refractivity contribution in [1.82, 2.24) is 14.7 Å². The van der Waals surface area contributed by atoms with E-state index in [1.807, 2.05) is 44.2 Å². The van der Waals surface area contributed by atoms with Crippen LogP contribution in [-0.2, 0) is 10.5 Å². The van der Waals surface area contributed by atoms with Crippen LogP contribution in [0.4, 0.5) is 0 Å². The minimum absolute atomic E-state index is 0.0736. The maximum absolute atomic E-state index is 12.3. The van der Waals surface area contributed by atoms with Crippen LogP contribution in [0.25, 0.3) is 5.65 Å². The molecule has 7 nitrogen and oxygen atoms in total. The number of nitrogens with zero attached hydrogens (tertiary/aromatic N) is 2. The monoisotopic (exact) mass is 425 g/mol. The van der Waals surface area contributed by atoms with Crippen molar-refractivity contribution < 1.29 is 14.3 Å². The van der Waals surface area contributed by atoms with Gasteiger partial charge in [0.2, 0.25) is 5.91 Å². The molecule has 1 aromatic carbocycles. The van der Waals surface area contributed by atoms with Crippen LogP contribution in [0.5, 0.6) is 11.5 Å². The first-order chi connectivity index (χ1) is 14.5. The molecular weight excluding hydrogens is 402 g/mol. The summed E-state index contributed by atoms with van der Waals surface area (Å²) < 4.78 is 12.7. The summed E-state index contributed by atoms with van der Waals surface area (Å²) in [7, 11) is 0. The second-order valence-corrected chi connectivity index (χ2v) is 8.19. The molecule has 0 radical (unpaired) electrons. The molecule has 156 valence electrons. The van der Waals surface area contributed by atoms with E-state index in [9.17, 15) is 9.59 Å². The Bertz CT molecular complexity index is 1140. The highest BCUT2D eigenvalue weighted by molar-refractivity contribution is 7.99. The van der Waals surface area contributed by atoms with Crippen molar-refractivity contribution in [2.75, 3.05) is 19.0 Å². The quantitative estimate of drug-likeness (QED) is 0.654. The number of fused-ring (bicyclic) bond motifs is 2. The Morgan fingerprint density at radius 1 is 1.20 bits per heavy atom. The van der Waals surface area contributed by atoms with Gasteiger partial charge in [0.1, 0.15) is 18.9 Å². The van der Waals surface area contributed by atoms with E-state index in [1.165, 1.54) is 22.2 Å². The van der Waals surface area contributed by atoms with Crippen LogP contribution in [0.15, 0.2) is 47.4 Å². The van der Waals surface area contributed by atoms with Gasteiger partial charge in [-0.1, -0.05) is 12.1 Å². The lowest BCUT2D eigenvalue weighted by Gasteiger charge is -2.21. The highest BCUT2D eigenvalue weighted by Gasteiger charge is 2.16. The number of pyridine rings is 1. The highest BCUT2D eigenvalue weighted by Crippen LogP contribution is 2.32. The van der Waals surface area contributed by atoms with E-state index >= 15 is 0 Å². The molecule has 8 heteroatoms. The molecular formula is C22H23N3O4S. The number of ether oxygens (including phenoxy) is 2. The van der Waals surface area contributed by atoms with Gasteiger partial charge >= 0.3 is 0 Å². The SMILES string of the molecule is Cc1ccc2nc(CSCC(=O)NC(C)c3ccc4c(c3)OCCO4)cc(=O)n2c1. The van der Waals surface area contributed by atoms with Gasteiger partial charge in [0.25, 0.3) is 5.56 Å². The summed E-state index contributed by atoms with van der Waals surface area (Å²) in [5.41, 5.74) is 3.12. The van der Waals surface area contributed by atoms with Crippen molar-refractivity contribution in [3.05, 3.63) is 69.8 Å². The van der Waals surface area contributed by atoms with Gasteiger partial charge in [0.05, 0.1) is 17.5 Å². The lowest BCUT2D eigenvalue weighted by atomic mass is 10.1. The number of carbonyl (C=O) groups is 1. The Kier molecular flexibility index (Phi) is 5.94. The van der Waals surface area contributed by atoms with Crippen LogP contribution < -0.4 is 20.3 Å². The maximum atomic E-state index is 12.3. The first kappa shape index (κ1) is 20.3. The molecule has 0 saturated heterocycles. The summed E-state index contributed by atoms with van der Waals surface area (Å²) in [6, 6.07) is 10.8. The molecule has 1 amide bonds. The van der Waals surface area contributed by atoms with Crippen LogP contribution in [0, 0.1) is 6.92 Å². The van der Waals surface area contributed by atoms with Crippen LogP contribution in [0.3, 0.4) is 0 Å². The molecule has 1 atom stereocenters. The van der Waals surface area contributed by atoms with Crippen LogP contribution >= 0.6 is 11.8 Å². The fraction of sp³-hybridized carbons (Fsp3) is 0.318. The first-order valence-corrected chi connectivity index (χ1v) is 10.9. The predicted octanol–water partition coefficient (Wildman–Crippen LogP) is 2.88. The van der Waals surface area contributed by atoms with Crippen LogP contribution in [-0.4, -0.2) is 34.3 Å². The smallest absolute Gasteiger partial charge is 0.258 e. The van der Waals surface area contributed by atoms with Gasteiger partial charge in [0, 0.05) is 18.0 Å². The number of carbonyl (C=O) groups excluding carboxylic acids is 1. The molecule has 3 heterocycles. The zero-order valence-electron chi connectivity index (χ0n) is 16.9. The largest absolute Gasteiger partial charge is 0.486 e. The molecule has 1 N–H and O–H groups in total. The molecule has 4 rings (SSSR count). The van der Waals surface area contributed by atoms with Gasteiger partial charge in [-0.25, -0.2) is 4.98 Å². The van der Waals surface area contributed by atoms with E-state index in [2.05, 4.69) is 10.3 Å². The lowest BCUT2D eigenvalue weighted by Crippen LogP contribution is -2.28. The van der Waals surface area contributed by atoms with E-state index in [4.69, 9.17) is 9.47 Å². The number of hydrogen-bond acceptors (Lipinski definition) is 6. The summed E-state index contributed by atoms with van der Waals surface area (Å²) in [4.78, 5) is 29.1. The third kappa shape index (κ3) is 4.59. The lowest BCUT2D eigenvalue weighted by molar-refractivity contribution is -0.119. The molecule has 3 aromatic rings. The molecule has 0 fully saturated rings. The Balaban J connectivity index is 1.32. The van der Waals surface area contributed by atoms with Gasteiger partial charge in [-0.15, -0.1) is 11.8 Å². The third-order valence-electron chi connectivity index (χ3n) is 4.79. The molecule has 0 spiro atoms. The number of aryl methyl sites for hydroxylation is 1. The van der Waals surface area contributed by atoms with Gasteiger partial charge < -0.3 is 14.8 Å². The molecule has 0 bridgehead atoms. The topological polar surface area (TPSA) is 81.9 Å². The minimum atomic E-state index is -0.152. The maximum Gasteiger partial charge on any atom is 0.258 e. The van der Waals surface area contributed by atoms with Gasteiger partial charge in [-0.05, 0) is 43.2 Å². The summed E-state index contributed by atoms with van der Waals surface area (Å²) in [6.45, 7) is 4.94. The van der Waals surface area contributed by atoms with Crippen molar-refractivity contribution in [1.29, 1.82) is 0 Å². The van der Waals surface area contributed by atoms with Crippen molar-refractivity contribution in [3.63, 3.8) is 0 Å². The standard InChI is InChI=1S/C22H23N3O4S/c1-14-3-6-20-24-17(10-22(27)25(20)11-14)12-30-13-21(26)23-15(2)16-4-5-18-19(9-16)29-8-7-28-18/h3-6,9-11,15H,7-8,12-13H2,1-2H3,(H,23,26). The molecule has 2 aromatic heterocycles. The average molecular weight is 426 g/mol. The zero-order valence-corrected chi connectivity index (χ0v) is 17.7. The van der Waals surface area contributed by atoms with Crippen molar-refractivity contribution in [2.45, 2.75) is 25.6 Å². The Morgan fingerprint density at radius 2 is 2.00 bits per heavy atom. The fourth-order valence-corrected chi connectivity index (χ4v) is 4.00. The average Bonchev–Trinajstić information content (AvgIpc) is 2.74. The van der Waals surface area contributed by atoms with Gasteiger partial charge in [-0.2, -0.15) is 0 Å². The Labute approximate surface area is 178 Å². The number of nitrogens with one attached hydrogen (secondary N) is 1. The van der Waals surface area contributed by atoms with E-state index in [0.29, 0.717) is 36.1 Å². The van der Waals surface area contributed by atoms with E-state index < -0.39 is 0 Å². The van der Waals surface area contributed by atoms with Crippen LogP contribution in [0.1, 0.15) is 29.8 Å². The fourth-order valence-electron chi connectivity index (χ4n) is 3.28. The predicted molar refractivity (Wildman–Crippen MR) is 116 cm³/mol. The van der Waals surface area contributed by atoms with Crippen molar-refractivity contribution in [3.8, 4) is 11.5 Å². The van der Waals surface area contributed by atoms with E-state index in [-0.39, 0.29) is 23.3 Å². The first-order valence-electron chi connectivity index (χ1n) is 9.75. The molecule has 1 unspecified atom stereocenters. The Hall–Kier alpha value is -3.00. The van der Waals surface area contributed by atoms with Crippen LogP contribution in [0.2, 0.25) is 0 Å². The minimum Gasteiger partial charge on any atom is -0.486 e. The number of amides is 1. The van der Waals surface area contributed by atoms with Crippen molar-refractivity contribution in [2.24, 2.45) is 0 Å². The summed E-state index contributed by atoms with van der Waals surface area (Å²) in [5.74, 6) is 2.14. The third-order valence-corrected chi connectivity index (χ3v) is 5.75. The second-order valence-electron chi connectivity index (χ2n) is 7.21. The van der Waals surface area contributed by atoms with E-state index in [1.54, 1.807) is 6.20 Å². The highest BCUT2D eigenvalue weighted by atomic mass is 32.2.